The number of methoxy groups -OCH3 is 2. The summed E-state index contributed by atoms with van der Waals surface area (Å²) >= 11 is 6.13. The van der Waals surface area contributed by atoms with Gasteiger partial charge in [0, 0.05) is 5.02 Å². The van der Waals surface area contributed by atoms with Crippen molar-refractivity contribution >= 4 is 33.2 Å². The largest absolute Gasteiger partial charge is 0.496 e. The Morgan fingerprint density at radius 3 is 2.19 bits per heavy atom. The van der Waals surface area contributed by atoms with E-state index >= 15 is 0 Å². The predicted molar refractivity (Wildman–Crippen MR) is 128 cm³/mol. The highest BCUT2D eigenvalue weighted by Crippen LogP contribution is 2.35. The van der Waals surface area contributed by atoms with Crippen molar-refractivity contribution in [1.82, 2.24) is 5.32 Å². The molecule has 2 aromatic carbocycles. The van der Waals surface area contributed by atoms with Crippen LogP contribution in [-0.2, 0) is 14.8 Å². The average Bonchev–Trinajstić information content (AvgIpc) is 2.74. The fourth-order valence-electron chi connectivity index (χ4n) is 3.68. The van der Waals surface area contributed by atoms with Crippen LogP contribution in [0.15, 0.2) is 36.4 Å². The summed E-state index contributed by atoms with van der Waals surface area (Å²) in [5.74, 6) is 0.668. The van der Waals surface area contributed by atoms with E-state index in [0.717, 1.165) is 27.4 Å². The Kier molecular flexibility index (Phi) is 8.81. The number of amides is 1. The van der Waals surface area contributed by atoms with Crippen LogP contribution in [0.25, 0.3) is 0 Å². The lowest BCUT2D eigenvalue weighted by molar-refractivity contribution is -0.123. The minimum absolute atomic E-state index is 0.220. The highest BCUT2D eigenvalue weighted by molar-refractivity contribution is 7.92. The molecule has 9 heteroatoms. The molecular weight excluding hydrogens is 452 g/mol. The number of rotatable bonds is 10. The highest BCUT2D eigenvalue weighted by Gasteiger charge is 2.34. The van der Waals surface area contributed by atoms with Crippen molar-refractivity contribution in [2.75, 3.05) is 24.8 Å². The number of anilines is 1. The first-order valence-electron chi connectivity index (χ1n) is 10.3. The fourth-order valence-corrected chi connectivity index (χ4v) is 5.05. The highest BCUT2D eigenvalue weighted by atomic mass is 35.5. The van der Waals surface area contributed by atoms with Gasteiger partial charge in [-0.2, -0.15) is 0 Å². The molecule has 2 atom stereocenters. The quantitative estimate of drug-likeness (QED) is 0.539. The van der Waals surface area contributed by atoms with Gasteiger partial charge < -0.3 is 14.8 Å². The molecule has 2 aromatic rings. The number of nitrogens with zero attached hydrogens (tertiary/aromatic N) is 1. The molecule has 0 unspecified atom stereocenters. The molecule has 0 aliphatic rings. The van der Waals surface area contributed by atoms with Crippen LogP contribution in [0, 0.1) is 6.92 Å². The van der Waals surface area contributed by atoms with Crippen LogP contribution in [0.2, 0.25) is 5.02 Å². The molecule has 0 radical (unpaired) electrons. The van der Waals surface area contributed by atoms with Gasteiger partial charge in [0.15, 0.2) is 0 Å². The lowest BCUT2D eigenvalue weighted by atomic mass is 10.0. The number of aryl methyl sites for hydroxylation is 1. The third-order valence-electron chi connectivity index (χ3n) is 5.25. The van der Waals surface area contributed by atoms with E-state index in [1.165, 1.54) is 13.2 Å². The van der Waals surface area contributed by atoms with Gasteiger partial charge in [-0.15, -0.1) is 0 Å². The van der Waals surface area contributed by atoms with Crippen molar-refractivity contribution < 1.29 is 22.7 Å². The topological polar surface area (TPSA) is 84.9 Å². The maximum absolute atomic E-state index is 13.4. The molecule has 1 N–H and O–H groups in total. The molecule has 0 heterocycles. The van der Waals surface area contributed by atoms with E-state index in [-0.39, 0.29) is 18.2 Å². The van der Waals surface area contributed by atoms with E-state index in [1.54, 1.807) is 26.2 Å². The van der Waals surface area contributed by atoms with Crippen LogP contribution in [-0.4, -0.2) is 40.8 Å². The maximum Gasteiger partial charge on any atom is 0.244 e. The Bertz CT molecular complexity index is 1060. The van der Waals surface area contributed by atoms with Gasteiger partial charge in [-0.1, -0.05) is 37.6 Å². The molecule has 0 aliphatic heterocycles. The molecular formula is C23H31ClN2O5S. The Morgan fingerprint density at radius 2 is 1.69 bits per heavy atom. The van der Waals surface area contributed by atoms with Gasteiger partial charge in [-0.3, -0.25) is 9.10 Å². The van der Waals surface area contributed by atoms with E-state index in [2.05, 4.69) is 5.32 Å². The van der Waals surface area contributed by atoms with Gasteiger partial charge in [0.2, 0.25) is 15.9 Å². The van der Waals surface area contributed by atoms with Crippen LogP contribution in [0.3, 0.4) is 0 Å². The third-order valence-corrected chi connectivity index (χ3v) is 6.65. The Balaban J connectivity index is 2.44. The second-order valence-corrected chi connectivity index (χ2v) is 9.79. The van der Waals surface area contributed by atoms with Crippen molar-refractivity contribution in [3.63, 3.8) is 0 Å². The number of hydrogen-bond acceptors (Lipinski definition) is 5. The lowest BCUT2D eigenvalue weighted by Gasteiger charge is -2.32. The zero-order chi connectivity index (χ0) is 24.1. The number of halogens is 1. The van der Waals surface area contributed by atoms with Crippen molar-refractivity contribution in [3.05, 3.63) is 52.5 Å². The summed E-state index contributed by atoms with van der Waals surface area (Å²) in [5.41, 5.74) is 2.09. The summed E-state index contributed by atoms with van der Waals surface area (Å²) in [6.07, 6.45) is 1.95. The van der Waals surface area contributed by atoms with E-state index in [0.29, 0.717) is 17.2 Å². The summed E-state index contributed by atoms with van der Waals surface area (Å²) < 4.78 is 37.3. The molecule has 176 valence electrons. The molecule has 7 nitrogen and oxygen atoms in total. The van der Waals surface area contributed by atoms with Gasteiger partial charge in [0.05, 0.1) is 32.2 Å². The minimum atomic E-state index is -3.83. The van der Waals surface area contributed by atoms with E-state index in [1.807, 2.05) is 32.0 Å². The van der Waals surface area contributed by atoms with Crippen LogP contribution < -0.4 is 19.1 Å². The van der Waals surface area contributed by atoms with E-state index < -0.39 is 22.0 Å². The first kappa shape index (κ1) is 25.8. The summed E-state index contributed by atoms with van der Waals surface area (Å²) in [5, 5.41) is 3.35. The van der Waals surface area contributed by atoms with Crippen molar-refractivity contribution in [1.29, 1.82) is 0 Å². The maximum atomic E-state index is 13.4. The summed E-state index contributed by atoms with van der Waals surface area (Å²) in [4.78, 5) is 13.4. The first-order valence-corrected chi connectivity index (χ1v) is 12.6. The van der Waals surface area contributed by atoms with E-state index in [9.17, 15) is 13.2 Å². The second kappa shape index (κ2) is 10.9. The Labute approximate surface area is 195 Å². The standard InChI is InChI=1S/C23H31ClN2O5S/c1-7-18(16-9-11-21(30-4)15(3)13-16)25-23(27)19(8-2)26(32(6,28)29)20-14-17(24)10-12-22(20)31-5/h9-14,18-19H,7-8H2,1-6H3,(H,25,27)/t18-,19+/m0/s1. The molecule has 0 spiro atoms. The van der Waals surface area contributed by atoms with Crippen LogP contribution in [0.4, 0.5) is 5.69 Å². The van der Waals surface area contributed by atoms with Gasteiger partial charge in [0.1, 0.15) is 17.5 Å². The SMILES string of the molecule is CC[C@H](NC(=O)[C@@H](CC)N(c1cc(Cl)ccc1OC)S(C)(=O)=O)c1ccc(OC)c(C)c1. The zero-order valence-electron chi connectivity index (χ0n) is 19.3. The molecule has 0 saturated heterocycles. The average molecular weight is 483 g/mol. The number of nitrogens with one attached hydrogen (secondary N) is 1. The van der Waals surface area contributed by atoms with Crippen LogP contribution in [0.1, 0.15) is 43.9 Å². The van der Waals surface area contributed by atoms with Crippen molar-refractivity contribution in [2.24, 2.45) is 0 Å². The number of ether oxygens (including phenoxy) is 2. The molecule has 32 heavy (non-hydrogen) atoms. The molecule has 0 bridgehead atoms. The molecule has 0 fully saturated rings. The van der Waals surface area contributed by atoms with Gasteiger partial charge in [0.25, 0.3) is 0 Å². The van der Waals surface area contributed by atoms with Crippen molar-refractivity contribution in [2.45, 2.75) is 45.7 Å². The Morgan fingerprint density at radius 1 is 1.06 bits per heavy atom. The van der Waals surface area contributed by atoms with Crippen LogP contribution >= 0.6 is 11.6 Å². The summed E-state index contributed by atoms with van der Waals surface area (Å²) in [7, 11) is -0.783. The number of benzene rings is 2. The Hall–Kier alpha value is -2.45. The number of carbonyl (C=O) groups is 1. The van der Waals surface area contributed by atoms with E-state index in [4.69, 9.17) is 21.1 Å². The predicted octanol–water partition coefficient (Wildman–Crippen LogP) is 4.48. The molecule has 0 saturated carbocycles. The molecule has 0 aliphatic carbocycles. The van der Waals surface area contributed by atoms with Gasteiger partial charge >= 0.3 is 0 Å². The smallest absolute Gasteiger partial charge is 0.244 e. The van der Waals surface area contributed by atoms with Crippen molar-refractivity contribution in [3.8, 4) is 11.5 Å². The van der Waals surface area contributed by atoms with Crippen LogP contribution in [0.5, 0.6) is 11.5 Å². The number of sulfonamides is 1. The number of hydrogen-bond donors (Lipinski definition) is 1. The summed E-state index contributed by atoms with van der Waals surface area (Å²) in [6.45, 7) is 5.65. The van der Waals surface area contributed by atoms with Gasteiger partial charge in [-0.05, 0) is 55.2 Å². The minimum Gasteiger partial charge on any atom is -0.496 e. The second-order valence-electron chi connectivity index (χ2n) is 7.50. The molecule has 0 aromatic heterocycles. The zero-order valence-corrected chi connectivity index (χ0v) is 20.9. The monoisotopic (exact) mass is 482 g/mol. The fraction of sp³-hybridized carbons (Fsp3) is 0.435. The summed E-state index contributed by atoms with van der Waals surface area (Å²) in [6, 6.07) is 9.12. The molecule has 1 amide bonds. The molecule has 2 rings (SSSR count). The number of carbonyl (C=O) groups excluding carboxylic acids is 1. The third kappa shape index (κ3) is 5.86. The first-order chi connectivity index (χ1) is 15.1. The van der Waals surface area contributed by atoms with Gasteiger partial charge in [-0.25, -0.2) is 8.42 Å². The lowest BCUT2D eigenvalue weighted by Crippen LogP contribution is -2.50. The normalized spacial score (nSPS) is 13.2.